The van der Waals surface area contributed by atoms with E-state index >= 15 is 0 Å². The average Bonchev–Trinajstić information content (AvgIpc) is 4.05. The van der Waals surface area contributed by atoms with Crippen LogP contribution in [0.5, 0.6) is 0 Å². The van der Waals surface area contributed by atoms with Gasteiger partial charge in [-0.25, -0.2) is 19.6 Å². The number of aryl methyl sites for hydroxylation is 2. The van der Waals surface area contributed by atoms with Crippen LogP contribution in [0.3, 0.4) is 0 Å². The Bertz CT molecular complexity index is 2670. The molecule has 8 heterocycles. The largest absolute Gasteiger partial charge is 0.464 e. The number of amides is 2. The summed E-state index contributed by atoms with van der Waals surface area (Å²) in [5, 5.41) is 27.0. The van der Waals surface area contributed by atoms with Gasteiger partial charge in [0.05, 0.1) is 54.9 Å². The van der Waals surface area contributed by atoms with Crippen molar-refractivity contribution in [3.8, 4) is 22.3 Å². The van der Waals surface area contributed by atoms with Gasteiger partial charge in [-0.05, 0) is 67.2 Å². The van der Waals surface area contributed by atoms with Crippen molar-refractivity contribution >= 4 is 41.1 Å². The van der Waals surface area contributed by atoms with Gasteiger partial charge in [-0.3, -0.25) is 14.2 Å². The van der Waals surface area contributed by atoms with Gasteiger partial charge in [-0.15, -0.1) is 0 Å². The average molecular weight is 897 g/mol. The highest BCUT2D eigenvalue weighted by atomic mass is 16.6. The van der Waals surface area contributed by atoms with Crippen LogP contribution in [0.15, 0.2) is 49.3 Å². The van der Waals surface area contributed by atoms with Crippen LogP contribution in [-0.2, 0) is 33.1 Å². The van der Waals surface area contributed by atoms with E-state index in [9.17, 15) is 19.5 Å². The topological polar surface area (TPSA) is 254 Å². The number of rotatable bonds is 7. The summed E-state index contributed by atoms with van der Waals surface area (Å²) in [5.41, 5.74) is 17.7. The third-order valence-electron chi connectivity index (χ3n) is 11.3. The minimum atomic E-state index is -0.645. The smallest absolute Gasteiger partial charge is 0.410 e. The minimum absolute atomic E-state index is 0.0285. The Labute approximate surface area is 376 Å². The van der Waals surface area contributed by atoms with E-state index in [0.717, 1.165) is 46.5 Å². The maximum Gasteiger partial charge on any atom is 0.410 e. The fourth-order valence-electron chi connectivity index (χ4n) is 8.16. The van der Waals surface area contributed by atoms with Crippen molar-refractivity contribution < 1.29 is 33.7 Å². The molecular weight excluding hydrogens is 837 g/mol. The zero-order valence-electron chi connectivity index (χ0n) is 38.5. The maximum atomic E-state index is 13.0. The molecule has 2 fully saturated rings. The van der Waals surface area contributed by atoms with E-state index in [0.29, 0.717) is 48.9 Å². The highest BCUT2D eigenvalue weighted by Gasteiger charge is 2.38. The molecule has 2 aliphatic rings. The molecule has 4 atom stereocenters. The summed E-state index contributed by atoms with van der Waals surface area (Å²) >= 11 is 0. The first-order valence-corrected chi connectivity index (χ1v) is 21.7. The number of nitrogens with zero attached hydrogens (tertiary/aromatic N) is 12. The Hall–Kier alpha value is -6.77. The molecule has 65 heavy (non-hydrogen) atoms. The van der Waals surface area contributed by atoms with Crippen LogP contribution in [-0.4, -0.2) is 131 Å². The van der Waals surface area contributed by atoms with Crippen molar-refractivity contribution in [1.29, 1.82) is 0 Å². The molecule has 0 aromatic carbocycles. The van der Waals surface area contributed by atoms with Crippen LogP contribution in [0.1, 0.15) is 97.4 Å². The number of carbonyl (C=O) groups is 3. The number of ether oxygens (including phenoxy) is 3. The monoisotopic (exact) mass is 896 g/mol. The van der Waals surface area contributed by atoms with Crippen molar-refractivity contribution in [1.82, 2.24) is 58.6 Å². The van der Waals surface area contributed by atoms with Gasteiger partial charge >= 0.3 is 18.2 Å². The number of nitrogens with two attached hydrogens (primary N) is 2. The summed E-state index contributed by atoms with van der Waals surface area (Å²) in [7, 11) is 3.70. The molecule has 6 aromatic heterocycles. The number of aliphatic hydroxyl groups is 1. The zero-order valence-corrected chi connectivity index (χ0v) is 38.5. The van der Waals surface area contributed by atoms with Crippen molar-refractivity contribution in [2.24, 2.45) is 14.1 Å². The second-order valence-corrected chi connectivity index (χ2v) is 18.7. The number of likely N-dealkylation sites (tertiary alicyclic amines) is 2. The Morgan fingerprint density at radius 1 is 0.677 bits per heavy atom. The standard InChI is InChI=1S/C23H31N7O4.C21H29N7O3/c1-14(31)33-13-17-7-6-15(12-29(17)22(32)34-23(2,3)4)19-8-20(24)30-21(27-19)18(10-26-30)16-9-25-28(5)11-16;1-21(2,3)31-20(30)27-11-13(5-6-15(27)12-29)17-7-18(22)28-19(25-17)16(9-24-28)14-8-23-26(4)10-14/h8-11,15,17H,6-7,12-13,24H2,1-5H3;7-10,13,15,29H,5-6,11-12,22H2,1-4H3/t15-,17-;13-,15-/m00/s1. The second-order valence-electron chi connectivity index (χ2n) is 18.7. The van der Waals surface area contributed by atoms with Crippen LogP contribution in [0, 0.1) is 0 Å². The molecule has 21 nitrogen and oxygen atoms in total. The van der Waals surface area contributed by atoms with E-state index in [1.807, 2.05) is 74.1 Å². The molecule has 8 rings (SSSR count). The van der Waals surface area contributed by atoms with Gasteiger partial charge in [0.1, 0.15) is 29.4 Å². The number of hydrogen-bond acceptors (Lipinski definition) is 15. The fraction of sp³-hybridized carbons (Fsp3) is 0.523. The molecule has 2 aliphatic heterocycles. The lowest BCUT2D eigenvalue weighted by molar-refractivity contribution is -0.143. The van der Waals surface area contributed by atoms with Crippen LogP contribution < -0.4 is 11.5 Å². The predicted molar refractivity (Wildman–Crippen MR) is 240 cm³/mol. The van der Waals surface area contributed by atoms with Crippen LogP contribution >= 0.6 is 0 Å². The minimum Gasteiger partial charge on any atom is -0.464 e. The van der Waals surface area contributed by atoms with E-state index in [-0.39, 0.29) is 43.1 Å². The molecule has 5 N–H and O–H groups in total. The molecule has 2 amide bonds. The van der Waals surface area contributed by atoms with Gasteiger partial charge in [0, 0.05) is 92.7 Å². The summed E-state index contributed by atoms with van der Waals surface area (Å²) in [6.07, 6.45) is 12.7. The summed E-state index contributed by atoms with van der Waals surface area (Å²) in [6.45, 7) is 13.1. The normalized spacial score (nSPS) is 19.2. The first-order chi connectivity index (χ1) is 30.7. The second kappa shape index (κ2) is 18.4. The van der Waals surface area contributed by atoms with Crippen LogP contribution in [0.25, 0.3) is 33.5 Å². The molecule has 348 valence electrons. The van der Waals surface area contributed by atoms with Gasteiger partial charge < -0.3 is 40.6 Å². The maximum absolute atomic E-state index is 13.0. The van der Waals surface area contributed by atoms with E-state index in [1.54, 1.807) is 59.0 Å². The summed E-state index contributed by atoms with van der Waals surface area (Å²) in [6, 6.07) is 3.08. The number of carbonyl (C=O) groups excluding carboxylic acids is 3. The molecule has 0 unspecified atom stereocenters. The summed E-state index contributed by atoms with van der Waals surface area (Å²) in [4.78, 5) is 50.2. The zero-order chi connectivity index (χ0) is 47.0. The number of anilines is 2. The Morgan fingerprint density at radius 3 is 1.49 bits per heavy atom. The Kier molecular flexibility index (Phi) is 13.1. The molecule has 0 saturated carbocycles. The molecule has 2 saturated heterocycles. The highest BCUT2D eigenvalue weighted by molar-refractivity contribution is 5.78. The van der Waals surface area contributed by atoms with Gasteiger partial charge in [-0.2, -0.15) is 29.4 Å². The number of aromatic nitrogens is 10. The number of aliphatic hydroxyl groups excluding tert-OH is 1. The van der Waals surface area contributed by atoms with Crippen LogP contribution in [0.4, 0.5) is 21.2 Å². The molecule has 0 spiro atoms. The van der Waals surface area contributed by atoms with Gasteiger partial charge in [0.15, 0.2) is 11.3 Å². The fourth-order valence-corrected chi connectivity index (χ4v) is 8.16. The lowest BCUT2D eigenvalue weighted by Gasteiger charge is -2.39. The van der Waals surface area contributed by atoms with E-state index < -0.39 is 23.4 Å². The summed E-state index contributed by atoms with van der Waals surface area (Å²) < 4.78 is 23.1. The lowest BCUT2D eigenvalue weighted by atomic mass is 9.90. The molecular formula is C44H60N14O7. The molecule has 6 aromatic rings. The Balaban J connectivity index is 0.000000195. The third kappa shape index (κ3) is 10.6. The molecule has 0 radical (unpaired) electrons. The van der Waals surface area contributed by atoms with Gasteiger partial charge in [0.2, 0.25) is 0 Å². The number of piperidine rings is 2. The molecule has 21 heteroatoms. The number of esters is 1. The quantitative estimate of drug-likeness (QED) is 0.142. The lowest BCUT2D eigenvalue weighted by Crippen LogP contribution is -2.50. The molecule has 0 bridgehead atoms. The summed E-state index contributed by atoms with van der Waals surface area (Å²) in [5.74, 6) is 0.461. The van der Waals surface area contributed by atoms with Crippen molar-refractivity contribution in [3.05, 3.63) is 60.7 Å². The Morgan fingerprint density at radius 2 is 1.11 bits per heavy atom. The third-order valence-corrected chi connectivity index (χ3v) is 11.3. The van der Waals surface area contributed by atoms with Gasteiger partial charge in [-0.1, -0.05) is 0 Å². The van der Waals surface area contributed by atoms with Crippen LogP contribution in [0.2, 0.25) is 0 Å². The number of fused-ring (bicyclic) bond motifs is 2. The van der Waals surface area contributed by atoms with E-state index in [1.165, 1.54) is 6.92 Å². The first kappa shape index (κ1) is 46.2. The van der Waals surface area contributed by atoms with Gasteiger partial charge in [0.25, 0.3) is 0 Å². The predicted octanol–water partition coefficient (Wildman–Crippen LogP) is 4.95. The van der Waals surface area contributed by atoms with E-state index in [2.05, 4.69) is 20.4 Å². The van der Waals surface area contributed by atoms with Crippen molar-refractivity contribution in [3.63, 3.8) is 0 Å². The SMILES string of the molecule is CC(=O)OC[C@@H]1CC[C@H](c2cc(N)n3ncc(-c4cnn(C)c4)c3n2)CN1C(=O)OC(C)(C)C.Cn1cc(-c2cnn3c(N)cc([C@H]4CC[C@@H](CO)N(C(=O)OC(C)(C)C)C4)nc23)cn1. The first-order valence-electron chi connectivity index (χ1n) is 21.7. The number of nitrogen functional groups attached to an aromatic ring is 2. The molecule has 0 aliphatic carbocycles. The van der Waals surface area contributed by atoms with Crippen molar-refractivity contribution in [2.45, 2.75) is 109 Å². The van der Waals surface area contributed by atoms with E-state index in [4.69, 9.17) is 35.6 Å². The number of hydrogen-bond donors (Lipinski definition) is 3. The van der Waals surface area contributed by atoms with Crippen molar-refractivity contribution in [2.75, 3.05) is 37.8 Å². The highest BCUT2D eigenvalue weighted by Crippen LogP contribution is 2.35.